The SMILES string of the molecule is CC(=O)Nc1c(C(=O)[O-])[nH]c2ccc(F)cc12. The minimum Gasteiger partial charge on any atom is -0.543 e. The molecule has 2 N–H and O–H groups in total. The van der Waals surface area contributed by atoms with Gasteiger partial charge in [0.1, 0.15) is 5.82 Å². The lowest BCUT2D eigenvalue weighted by Crippen LogP contribution is -2.24. The first-order valence-electron chi connectivity index (χ1n) is 4.79. The van der Waals surface area contributed by atoms with Crippen molar-refractivity contribution < 1.29 is 19.1 Å². The average Bonchev–Trinajstić information content (AvgIpc) is 2.56. The van der Waals surface area contributed by atoms with Gasteiger partial charge in [0.05, 0.1) is 17.4 Å². The summed E-state index contributed by atoms with van der Waals surface area (Å²) in [6.07, 6.45) is 0. The van der Waals surface area contributed by atoms with Gasteiger partial charge in [-0.1, -0.05) is 0 Å². The van der Waals surface area contributed by atoms with Gasteiger partial charge in [-0.2, -0.15) is 0 Å². The summed E-state index contributed by atoms with van der Waals surface area (Å²) in [5, 5.41) is 13.5. The number of aromatic carboxylic acids is 1. The summed E-state index contributed by atoms with van der Waals surface area (Å²) in [5.41, 5.74) is 0.155. The first-order valence-corrected chi connectivity index (χ1v) is 4.79. The van der Waals surface area contributed by atoms with Crippen molar-refractivity contribution in [2.45, 2.75) is 6.92 Å². The number of fused-ring (bicyclic) bond motifs is 1. The summed E-state index contributed by atoms with van der Waals surface area (Å²) in [5.74, 6) is -2.43. The number of aromatic nitrogens is 1. The molecule has 0 unspecified atom stereocenters. The van der Waals surface area contributed by atoms with Crippen LogP contribution in [0.4, 0.5) is 10.1 Å². The fourth-order valence-corrected chi connectivity index (χ4v) is 1.62. The first-order chi connectivity index (χ1) is 7.99. The van der Waals surface area contributed by atoms with Crippen LogP contribution >= 0.6 is 0 Å². The zero-order chi connectivity index (χ0) is 12.6. The van der Waals surface area contributed by atoms with E-state index < -0.39 is 17.7 Å². The third kappa shape index (κ3) is 1.96. The molecule has 0 radical (unpaired) electrons. The van der Waals surface area contributed by atoms with Crippen LogP contribution in [0.5, 0.6) is 0 Å². The van der Waals surface area contributed by atoms with E-state index in [1.807, 2.05) is 0 Å². The van der Waals surface area contributed by atoms with E-state index in [4.69, 9.17) is 0 Å². The van der Waals surface area contributed by atoms with Crippen LogP contribution in [0.3, 0.4) is 0 Å². The van der Waals surface area contributed by atoms with E-state index in [0.717, 1.165) is 6.07 Å². The molecule has 0 aliphatic carbocycles. The van der Waals surface area contributed by atoms with Gasteiger partial charge in [0.2, 0.25) is 5.91 Å². The maximum absolute atomic E-state index is 13.1. The summed E-state index contributed by atoms with van der Waals surface area (Å²) in [4.78, 5) is 24.4. The number of H-pyrrole nitrogens is 1. The van der Waals surface area contributed by atoms with E-state index in [2.05, 4.69) is 10.3 Å². The maximum Gasteiger partial charge on any atom is 0.221 e. The Kier molecular flexibility index (Phi) is 2.55. The molecule has 0 atom stereocenters. The van der Waals surface area contributed by atoms with Crippen molar-refractivity contribution in [1.29, 1.82) is 0 Å². The second kappa shape index (κ2) is 3.89. The van der Waals surface area contributed by atoms with Crippen molar-refractivity contribution in [3.05, 3.63) is 29.7 Å². The van der Waals surface area contributed by atoms with Crippen LogP contribution in [0.15, 0.2) is 18.2 Å². The quantitative estimate of drug-likeness (QED) is 0.800. The van der Waals surface area contributed by atoms with E-state index in [1.54, 1.807) is 0 Å². The normalized spacial score (nSPS) is 10.5. The van der Waals surface area contributed by atoms with E-state index >= 15 is 0 Å². The molecule has 1 aromatic carbocycles. The number of hydrogen-bond donors (Lipinski definition) is 2. The molecule has 88 valence electrons. The van der Waals surface area contributed by atoms with Gasteiger partial charge < -0.3 is 20.2 Å². The summed E-state index contributed by atoms with van der Waals surface area (Å²) in [7, 11) is 0. The Morgan fingerprint density at radius 3 is 2.71 bits per heavy atom. The highest BCUT2D eigenvalue weighted by atomic mass is 19.1. The van der Waals surface area contributed by atoms with Gasteiger partial charge in [-0.3, -0.25) is 4.79 Å². The molecule has 1 aromatic heterocycles. The molecular weight excluding hydrogens is 227 g/mol. The predicted molar refractivity (Wildman–Crippen MR) is 56.9 cm³/mol. The van der Waals surface area contributed by atoms with Gasteiger partial charge in [0.15, 0.2) is 0 Å². The Morgan fingerprint density at radius 2 is 2.12 bits per heavy atom. The number of halogens is 1. The van der Waals surface area contributed by atoms with Crippen molar-refractivity contribution in [3.8, 4) is 0 Å². The number of carboxylic acid groups (broad SMARTS) is 1. The molecule has 0 bridgehead atoms. The number of hydrogen-bond acceptors (Lipinski definition) is 3. The van der Waals surface area contributed by atoms with Gasteiger partial charge in [-0.25, -0.2) is 4.39 Å². The Hall–Kier alpha value is -2.37. The van der Waals surface area contributed by atoms with Crippen LogP contribution in [0.2, 0.25) is 0 Å². The largest absolute Gasteiger partial charge is 0.543 e. The smallest absolute Gasteiger partial charge is 0.221 e. The summed E-state index contributed by atoms with van der Waals surface area (Å²) in [6, 6.07) is 3.72. The molecule has 6 heteroatoms. The fourth-order valence-electron chi connectivity index (χ4n) is 1.62. The highest BCUT2D eigenvalue weighted by Gasteiger charge is 2.13. The number of amides is 1. The Bertz CT molecular complexity index is 618. The molecule has 2 aromatic rings. The van der Waals surface area contributed by atoms with Crippen molar-refractivity contribution >= 4 is 28.5 Å². The van der Waals surface area contributed by atoms with E-state index in [9.17, 15) is 19.1 Å². The molecule has 0 aliphatic heterocycles. The van der Waals surface area contributed by atoms with Crippen molar-refractivity contribution in [1.82, 2.24) is 4.98 Å². The number of anilines is 1. The van der Waals surface area contributed by atoms with Crippen molar-refractivity contribution in [3.63, 3.8) is 0 Å². The van der Waals surface area contributed by atoms with Crippen molar-refractivity contribution in [2.75, 3.05) is 5.32 Å². The molecule has 0 fully saturated rings. The lowest BCUT2D eigenvalue weighted by atomic mass is 10.2. The standard InChI is InChI=1S/C11H9FN2O3/c1-5(15)13-9-7-4-6(12)2-3-8(7)14-10(9)11(16)17/h2-4,14H,1H3,(H,13,15)(H,16,17)/p-1. The molecular formula is C11H8FN2O3-. The number of nitrogens with one attached hydrogen (secondary N) is 2. The monoisotopic (exact) mass is 235 g/mol. The van der Waals surface area contributed by atoms with Crippen LogP contribution in [-0.2, 0) is 4.79 Å². The molecule has 0 saturated carbocycles. The molecule has 0 spiro atoms. The zero-order valence-electron chi connectivity index (χ0n) is 8.83. The van der Waals surface area contributed by atoms with E-state index in [-0.39, 0.29) is 11.4 Å². The molecule has 0 aliphatic rings. The van der Waals surface area contributed by atoms with Crippen LogP contribution < -0.4 is 10.4 Å². The van der Waals surface area contributed by atoms with Crippen LogP contribution in [-0.4, -0.2) is 16.9 Å². The highest BCUT2D eigenvalue weighted by molar-refractivity contribution is 6.09. The average molecular weight is 235 g/mol. The zero-order valence-corrected chi connectivity index (χ0v) is 8.83. The van der Waals surface area contributed by atoms with Gasteiger partial charge in [0.25, 0.3) is 0 Å². The van der Waals surface area contributed by atoms with Gasteiger partial charge in [0, 0.05) is 17.8 Å². The van der Waals surface area contributed by atoms with Crippen molar-refractivity contribution in [2.24, 2.45) is 0 Å². The summed E-state index contributed by atoms with van der Waals surface area (Å²) >= 11 is 0. The Labute approximate surface area is 95.2 Å². The molecule has 17 heavy (non-hydrogen) atoms. The van der Waals surface area contributed by atoms with Crippen LogP contribution in [0.25, 0.3) is 10.9 Å². The molecule has 0 saturated heterocycles. The topological polar surface area (TPSA) is 85.0 Å². The van der Waals surface area contributed by atoms with E-state index in [1.165, 1.54) is 19.1 Å². The first kappa shape index (κ1) is 11.1. The predicted octanol–water partition coefficient (Wildman–Crippen LogP) is 0.629. The fraction of sp³-hybridized carbons (Fsp3) is 0.0909. The number of rotatable bonds is 2. The molecule has 1 heterocycles. The minimum absolute atomic E-state index is 0.0204. The maximum atomic E-state index is 13.1. The molecule has 2 rings (SSSR count). The minimum atomic E-state index is -1.47. The molecule has 5 nitrogen and oxygen atoms in total. The van der Waals surface area contributed by atoms with Gasteiger partial charge >= 0.3 is 0 Å². The number of aromatic amines is 1. The summed E-state index contributed by atoms with van der Waals surface area (Å²) < 4.78 is 13.1. The van der Waals surface area contributed by atoms with Gasteiger partial charge in [-0.15, -0.1) is 0 Å². The number of carbonyl (C=O) groups is 2. The second-order valence-corrected chi connectivity index (χ2v) is 3.53. The lowest BCUT2D eigenvalue weighted by Gasteiger charge is -2.05. The van der Waals surface area contributed by atoms with Crippen LogP contribution in [0.1, 0.15) is 17.4 Å². The number of benzene rings is 1. The van der Waals surface area contributed by atoms with Crippen LogP contribution in [0, 0.1) is 5.82 Å². The van der Waals surface area contributed by atoms with E-state index in [0.29, 0.717) is 10.9 Å². The third-order valence-electron chi connectivity index (χ3n) is 2.27. The third-order valence-corrected chi connectivity index (χ3v) is 2.27. The highest BCUT2D eigenvalue weighted by Crippen LogP contribution is 2.28. The Balaban J connectivity index is 2.72. The molecule has 1 amide bonds. The second-order valence-electron chi connectivity index (χ2n) is 3.53. The number of carboxylic acids is 1. The van der Waals surface area contributed by atoms with Gasteiger partial charge in [-0.05, 0) is 18.2 Å². The lowest BCUT2D eigenvalue weighted by molar-refractivity contribution is -0.255. The summed E-state index contributed by atoms with van der Waals surface area (Å²) in [6.45, 7) is 1.23. The number of carbonyl (C=O) groups excluding carboxylic acids is 2. The Morgan fingerprint density at radius 1 is 1.41 bits per heavy atom.